The van der Waals surface area contributed by atoms with E-state index in [9.17, 15) is 9.59 Å². The zero-order valence-corrected chi connectivity index (χ0v) is 17.1. The number of methoxy groups -OCH3 is 1. The molecule has 6 nitrogen and oxygen atoms in total. The second-order valence-corrected chi connectivity index (χ2v) is 7.26. The lowest BCUT2D eigenvalue weighted by molar-refractivity contribution is -0.136. The van der Waals surface area contributed by atoms with Gasteiger partial charge in [-0.15, -0.1) is 0 Å². The molecule has 1 unspecified atom stereocenters. The van der Waals surface area contributed by atoms with Crippen molar-refractivity contribution in [1.82, 2.24) is 10.6 Å². The average Bonchev–Trinajstić information content (AvgIpc) is 2.72. The standard InChI is InChI=1S/C23H26N2O4/c1-14(2)20-19(22(26)28-4)21(25-23(27)24-20)17-11-7-8-12-18(17)29-13-16-10-6-5-9-15(16)3/h5-12,14,21H,13H2,1-4H3,(H2,24,25,27). The van der Waals surface area contributed by atoms with Gasteiger partial charge in [-0.1, -0.05) is 56.3 Å². The molecule has 1 aliphatic rings. The molecule has 6 heteroatoms. The van der Waals surface area contributed by atoms with Gasteiger partial charge in [0.15, 0.2) is 0 Å². The molecule has 0 radical (unpaired) electrons. The molecule has 2 amide bonds. The molecule has 0 aliphatic carbocycles. The van der Waals surface area contributed by atoms with E-state index in [-0.39, 0.29) is 11.9 Å². The number of carbonyl (C=O) groups is 2. The summed E-state index contributed by atoms with van der Waals surface area (Å²) in [5, 5.41) is 5.60. The van der Waals surface area contributed by atoms with Crippen molar-refractivity contribution in [3.05, 3.63) is 76.5 Å². The summed E-state index contributed by atoms with van der Waals surface area (Å²) in [6.07, 6.45) is 0. The lowest BCUT2D eigenvalue weighted by atomic mass is 9.91. The van der Waals surface area contributed by atoms with Crippen LogP contribution in [0.25, 0.3) is 0 Å². The van der Waals surface area contributed by atoms with E-state index in [1.54, 1.807) is 0 Å². The monoisotopic (exact) mass is 394 g/mol. The van der Waals surface area contributed by atoms with Crippen molar-refractivity contribution in [3.63, 3.8) is 0 Å². The van der Waals surface area contributed by atoms with Gasteiger partial charge in [0.1, 0.15) is 12.4 Å². The summed E-state index contributed by atoms with van der Waals surface area (Å²) in [4.78, 5) is 24.9. The van der Waals surface area contributed by atoms with Gasteiger partial charge in [-0.3, -0.25) is 0 Å². The number of benzene rings is 2. The van der Waals surface area contributed by atoms with Crippen LogP contribution in [0.2, 0.25) is 0 Å². The van der Waals surface area contributed by atoms with Gasteiger partial charge in [-0.25, -0.2) is 9.59 Å². The fraction of sp³-hybridized carbons (Fsp3) is 0.304. The molecule has 1 atom stereocenters. The molecule has 2 N–H and O–H groups in total. The number of hydrogen-bond donors (Lipinski definition) is 2. The highest BCUT2D eigenvalue weighted by Crippen LogP contribution is 2.35. The molecule has 0 fully saturated rings. The number of aryl methyl sites for hydroxylation is 1. The number of para-hydroxylation sites is 1. The lowest BCUT2D eigenvalue weighted by Gasteiger charge is -2.31. The smallest absolute Gasteiger partial charge is 0.337 e. The first-order valence-electron chi connectivity index (χ1n) is 9.58. The van der Waals surface area contributed by atoms with Crippen LogP contribution >= 0.6 is 0 Å². The van der Waals surface area contributed by atoms with Crippen LogP contribution in [-0.2, 0) is 16.1 Å². The zero-order chi connectivity index (χ0) is 21.0. The molecule has 2 aromatic rings. The van der Waals surface area contributed by atoms with Crippen LogP contribution in [0.5, 0.6) is 5.75 Å². The third kappa shape index (κ3) is 4.42. The van der Waals surface area contributed by atoms with E-state index in [0.717, 1.165) is 11.1 Å². The molecule has 2 aromatic carbocycles. The number of rotatable bonds is 6. The number of esters is 1. The minimum absolute atomic E-state index is 0.0577. The van der Waals surface area contributed by atoms with E-state index in [1.807, 2.05) is 69.3 Å². The average molecular weight is 394 g/mol. The van der Waals surface area contributed by atoms with Crippen molar-refractivity contribution < 1.29 is 19.1 Å². The minimum Gasteiger partial charge on any atom is -0.489 e. The van der Waals surface area contributed by atoms with E-state index < -0.39 is 12.0 Å². The molecule has 29 heavy (non-hydrogen) atoms. The van der Waals surface area contributed by atoms with Crippen LogP contribution in [-0.4, -0.2) is 19.1 Å². The first-order chi connectivity index (χ1) is 13.9. The molecule has 0 saturated heterocycles. The summed E-state index contributed by atoms with van der Waals surface area (Å²) in [6, 6.07) is 14.4. The maximum Gasteiger partial charge on any atom is 0.337 e. The first kappa shape index (κ1) is 20.5. The second kappa shape index (κ2) is 8.82. The zero-order valence-electron chi connectivity index (χ0n) is 17.1. The van der Waals surface area contributed by atoms with Crippen molar-refractivity contribution in [3.8, 4) is 5.75 Å². The van der Waals surface area contributed by atoms with Gasteiger partial charge in [0.25, 0.3) is 0 Å². The molecule has 0 spiro atoms. The van der Waals surface area contributed by atoms with Crippen molar-refractivity contribution in [1.29, 1.82) is 0 Å². The van der Waals surface area contributed by atoms with Gasteiger partial charge >= 0.3 is 12.0 Å². The number of nitrogens with one attached hydrogen (secondary N) is 2. The van der Waals surface area contributed by atoms with Gasteiger partial charge in [0.05, 0.1) is 18.7 Å². The summed E-state index contributed by atoms with van der Waals surface area (Å²) in [6.45, 7) is 6.25. The largest absolute Gasteiger partial charge is 0.489 e. The van der Waals surface area contributed by atoms with E-state index in [2.05, 4.69) is 10.6 Å². The summed E-state index contributed by atoms with van der Waals surface area (Å²) in [5.41, 5.74) is 3.85. The molecule has 1 aliphatic heterocycles. The number of ether oxygens (including phenoxy) is 2. The van der Waals surface area contributed by atoms with E-state index in [0.29, 0.717) is 29.2 Å². The van der Waals surface area contributed by atoms with Crippen molar-refractivity contribution in [2.75, 3.05) is 7.11 Å². The van der Waals surface area contributed by atoms with Crippen LogP contribution in [0.1, 0.15) is 36.6 Å². The van der Waals surface area contributed by atoms with Crippen LogP contribution < -0.4 is 15.4 Å². The molecule has 0 bridgehead atoms. The Kier molecular flexibility index (Phi) is 6.22. The Labute approximate surface area is 170 Å². The van der Waals surface area contributed by atoms with Crippen LogP contribution in [0.15, 0.2) is 59.8 Å². The molecule has 0 aromatic heterocycles. The summed E-state index contributed by atoms with van der Waals surface area (Å²) in [5.74, 6) is 0.0602. The maximum absolute atomic E-state index is 12.6. The Morgan fingerprint density at radius 3 is 2.48 bits per heavy atom. The predicted molar refractivity (Wildman–Crippen MR) is 110 cm³/mol. The normalized spacial score (nSPS) is 16.3. The topological polar surface area (TPSA) is 76.7 Å². The van der Waals surface area contributed by atoms with Crippen molar-refractivity contribution in [2.45, 2.75) is 33.4 Å². The molecule has 3 rings (SSSR count). The number of urea groups is 1. The fourth-order valence-electron chi connectivity index (χ4n) is 3.39. The van der Waals surface area contributed by atoms with Crippen LogP contribution in [0.3, 0.4) is 0 Å². The number of hydrogen-bond acceptors (Lipinski definition) is 4. The van der Waals surface area contributed by atoms with Gasteiger partial charge in [0, 0.05) is 11.3 Å². The minimum atomic E-state index is -0.665. The van der Waals surface area contributed by atoms with Gasteiger partial charge in [0.2, 0.25) is 0 Å². The molecule has 152 valence electrons. The SMILES string of the molecule is COC(=O)C1=C(C(C)C)NC(=O)NC1c1ccccc1OCc1ccccc1C. The summed E-state index contributed by atoms with van der Waals surface area (Å²) >= 11 is 0. The van der Waals surface area contributed by atoms with Crippen molar-refractivity contribution in [2.24, 2.45) is 5.92 Å². The summed E-state index contributed by atoms with van der Waals surface area (Å²) in [7, 11) is 1.33. The van der Waals surface area contributed by atoms with Gasteiger partial charge in [-0.05, 0) is 30.0 Å². The van der Waals surface area contributed by atoms with Gasteiger partial charge < -0.3 is 20.1 Å². The van der Waals surface area contributed by atoms with E-state index in [4.69, 9.17) is 9.47 Å². The Morgan fingerprint density at radius 2 is 1.79 bits per heavy atom. The fourth-order valence-corrected chi connectivity index (χ4v) is 3.39. The van der Waals surface area contributed by atoms with Gasteiger partial charge in [-0.2, -0.15) is 0 Å². The quantitative estimate of drug-likeness (QED) is 0.726. The number of carbonyl (C=O) groups excluding carboxylic acids is 2. The first-order valence-corrected chi connectivity index (χ1v) is 9.58. The summed E-state index contributed by atoms with van der Waals surface area (Å²) < 4.78 is 11.1. The van der Waals surface area contributed by atoms with E-state index in [1.165, 1.54) is 7.11 Å². The Balaban J connectivity index is 2.00. The molecular formula is C23H26N2O4. The number of amides is 2. The molecule has 0 saturated carbocycles. The highest BCUT2D eigenvalue weighted by atomic mass is 16.5. The highest BCUT2D eigenvalue weighted by Gasteiger charge is 2.35. The Hall–Kier alpha value is -3.28. The van der Waals surface area contributed by atoms with Crippen molar-refractivity contribution >= 4 is 12.0 Å². The van der Waals surface area contributed by atoms with E-state index >= 15 is 0 Å². The predicted octanol–water partition coefficient (Wildman–Crippen LogP) is 4.01. The molecular weight excluding hydrogens is 368 g/mol. The van der Waals surface area contributed by atoms with Crippen LogP contribution in [0, 0.1) is 12.8 Å². The maximum atomic E-state index is 12.6. The Morgan fingerprint density at radius 1 is 1.10 bits per heavy atom. The number of allylic oxidation sites excluding steroid dienone is 1. The molecule has 1 heterocycles. The van der Waals surface area contributed by atoms with Crippen LogP contribution in [0.4, 0.5) is 4.79 Å². The Bertz CT molecular complexity index is 949. The highest BCUT2D eigenvalue weighted by molar-refractivity contribution is 5.95. The lowest BCUT2D eigenvalue weighted by Crippen LogP contribution is -2.47. The third-order valence-corrected chi connectivity index (χ3v) is 4.96. The second-order valence-electron chi connectivity index (χ2n) is 7.26. The third-order valence-electron chi connectivity index (χ3n) is 4.96.